The number of rotatable bonds is 4. The highest BCUT2D eigenvalue weighted by Crippen LogP contribution is 2.20. The van der Waals surface area contributed by atoms with Crippen LogP contribution in [0.25, 0.3) is 0 Å². The van der Waals surface area contributed by atoms with Gasteiger partial charge in [0.2, 0.25) is 0 Å². The predicted molar refractivity (Wildman–Crippen MR) is 58.4 cm³/mol. The molecule has 0 saturated heterocycles. The first-order valence-electron chi connectivity index (χ1n) is 4.33. The molecule has 0 amide bonds. The summed E-state index contributed by atoms with van der Waals surface area (Å²) in [5, 5.41) is 0. The lowest BCUT2D eigenvalue weighted by molar-refractivity contribution is 0.586. The first-order chi connectivity index (χ1) is 7.05. The second kappa shape index (κ2) is 4.03. The molecule has 0 spiro atoms. The zero-order chi connectivity index (χ0) is 10.9. The molecule has 8 heteroatoms. The second-order valence-corrected chi connectivity index (χ2v) is 5.48. The Morgan fingerprint density at radius 3 is 2.60 bits per heavy atom. The van der Waals surface area contributed by atoms with Gasteiger partial charge in [-0.05, 0) is 28.8 Å². The van der Waals surface area contributed by atoms with Crippen molar-refractivity contribution in [2.45, 2.75) is 18.9 Å². The Kier molecular flexibility index (Phi) is 2.89. The van der Waals surface area contributed by atoms with Gasteiger partial charge in [0.1, 0.15) is 4.60 Å². The Labute approximate surface area is 95.8 Å². The summed E-state index contributed by atoms with van der Waals surface area (Å²) < 4.78 is 28.2. The van der Waals surface area contributed by atoms with Crippen molar-refractivity contribution < 1.29 is 8.42 Å². The fourth-order valence-electron chi connectivity index (χ4n) is 0.953. The zero-order valence-electron chi connectivity index (χ0n) is 7.64. The van der Waals surface area contributed by atoms with E-state index in [0.29, 0.717) is 4.60 Å². The number of hydrogen-bond acceptors (Lipinski definition) is 4. The van der Waals surface area contributed by atoms with Crippen LogP contribution in [0.3, 0.4) is 0 Å². The van der Waals surface area contributed by atoms with Crippen LogP contribution < -0.4 is 9.44 Å². The molecule has 82 valence electrons. The van der Waals surface area contributed by atoms with Crippen LogP contribution in [-0.2, 0) is 10.2 Å². The van der Waals surface area contributed by atoms with E-state index < -0.39 is 10.2 Å². The molecule has 6 nitrogen and oxygen atoms in total. The van der Waals surface area contributed by atoms with Crippen LogP contribution in [-0.4, -0.2) is 24.4 Å². The lowest BCUT2D eigenvalue weighted by Gasteiger charge is -2.06. The van der Waals surface area contributed by atoms with Crippen LogP contribution in [0, 0.1) is 0 Å². The highest BCUT2D eigenvalue weighted by molar-refractivity contribution is 9.10. The van der Waals surface area contributed by atoms with E-state index in [4.69, 9.17) is 0 Å². The summed E-state index contributed by atoms with van der Waals surface area (Å²) in [4.78, 5) is 7.71. The monoisotopic (exact) mass is 292 g/mol. The zero-order valence-corrected chi connectivity index (χ0v) is 10.0. The molecule has 1 fully saturated rings. The first kappa shape index (κ1) is 10.8. The predicted octanol–water partition coefficient (Wildman–Crippen LogP) is 0.648. The van der Waals surface area contributed by atoms with Crippen LogP contribution >= 0.6 is 15.9 Å². The number of nitrogens with zero attached hydrogens (tertiary/aromatic N) is 2. The molecule has 0 atom stereocenters. The SMILES string of the molecule is O=S(=O)(Nc1cnc(Br)cn1)NC1CC1. The number of anilines is 1. The molecule has 0 radical (unpaired) electrons. The summed E-state index contributed by atoms with van der Waals surface area (Å²) in [6, 6.07) is 0.0749. The summed E-state index contributed by atoms with van der Waals surface area (Å²) in [6.07, 6.45) is 4.56. The maximum absolute atomic E-state index is 11.4. The lowest BCUT2D eigenvalue weighted by atomic mass is 10.7. The molecule has 1 aromatic rings. The quantitative estimate of drug-likeness (QED) is 0.853. The van der Waals surface area contributed by atoms with E-state index in [1.165, 1.54) is 12.4 Å². The molecule has 0 aliphatic heterocycles. The highest BCUT2D eigenvalue weighted by atomic mass is 79.9. The minimum absolute atomic E-state index is 0.0749. The van der Waals surface area contributed by atoms with Gasteiger partial charge < -0.3 is 0 Å². The van der Waals surface area contributed by atoms with Crippen molar-refractivity contribution in [2.75, 3.05) is 4.72 Å². The fourth-order valence-corrected chi connectivity index (χ4v) is 2.27. The summed E-state index contributed by atoms with van der Waals surface area (Å²) in [5.41, 5.74) is 0. The molecule has 1 aliphatic rings. The first-order valence-corrected chi connectivity index (χ1v) is 6.60. The van der Waals surface area contributed by atoms with Crippen molar-refractivity contribution in [3.05, 3.63) is 17.0 Å². The number of aromatic nitrogens is 2. The van der Waals surface area contributed by atoms with Crippen LogP contribution in [0.15, 0.2) is 17.0 Å². The van der Waals surface area contributed by atoms with E-state index in [0.717, 1.165) is 12.8 Å². The summed E-state index contributed by atoms with van der Waals surface area (Å²) in [6.45, 7) is 0. The van der Waals surface area contributed by atoms with Crippen LogP contribution in [0.5, 0.6) is 0 Å². The van der Waals surface area contributed by atoms with Crippen molar-refractivity contribution in [3.63, 3.8) is 0 Å². The molecule has 0 bridgehead atoms. The van der Waals surface area contributed by atoms with Crippen molar-refractivity contribution in [3.8, 4) is 0 Å². The van der Waals surface area contributed by atoms with Crippen LogP contribution in [0.2, 0.25) is 0 Å². The lowest BCUT2D eigenvalue weighted by Crippen LogP contribution is -2.32. The summed E-state index contributed by atoms with van der Waals surface area (Å²) in [7, 11) is -3.50. The van der Waals surface area contributed by atoms with Gasteiger partial charge in [0.25, 0.3) is 0 Å². The van der Waals surface area contributed by atoms with E-state index in [1.54, 1.807) is 0 Å². The molecule has 0 unspecified atom stereocenters. The number of halogens is 1. The third-order valence-electron chi connectivity index (χ3n) is 1.76. The van der Waals surface area contributed by atoms with E-state index in [1.807, 2.05) is 0 Å². The van der Waals surface area contributed by atoms with Crippen molar-refractivity contribution in [1.82, 2.24) is 14.7 Å². The molecule has 1 aliphatic carbocycles. The highest BCUT2D eigenvalue weighted by Gasteiger charge is 2.26. The standard InChI is InChI=1S/C7H9BrN4O2S/c8-6-3-10-7(4-9-6)12-15(13,14)11-5-1-2-5/h3-5,11H,1-2H2,(H,10,12). The molecular weight excluding hydrogens is 284 g/mol. The van der Waals surface area contributed by atoms with E-state index in [9.17, 15) is 8.42 Å². The Bertz CT molecular complexity index is 443. The molecule has 1 saturated carbocycles. The van der Waals surface area contributed by atoms with Crippen LogP contribution in [0.1, 0.15) is 12.8 Å². The minimum Gasteiger partial charge on any atom is -0.253 e. The van der Waals surface area contributed by atoms with Gasteiger partial charge in [0.15, 0.2) is 5.82 Å². The third kappa shape index (κ3) is 3.40. The van der Waals surface area contributed by atoms with E-state index in [2.05, 4.69) is 35.3 Å². The molecule has 2 rings (SSSR count). The topological polar surface area (TPSA) is 84.0 Å². The van der Waals surface area contributed by atoms with Gasteiger partial charge >= 0.3 is 10.2 Å². The molecule has 0 aromatic carbocycles. The van der Waals surface area contributed by atoms with Gasteiger partial charge in [-0.3, -0.25) is 4.72 Å². The molecule has 2 N–H and O–H groups in total. The largest absolute Gasteiger partial charge is 0.300 e. The Morgan fingerprint density at radius 2 is 2.07 bits per heavy atom. The van der Waals surface area contributed by atoms with E-state index >= 15 is 0 Å². The maximum Gasteiger partial charge on any atom is 0.300 e. The summed E-state index contributed by atoms with van der Waals surface area (Å²) in [5.74, 6) is 0.200. The van der Waals surface area contributed by atoms with Crippen molar-refractivity contribution >= 4 is 32.0 Å². The molecule has 1 aromatic heterocycles. The smallest absolute Gasteiger partial charge is 0.253 e. The fraction of sp³-hybridized carbons (Fsp3) is 0.429. The Morgan fingerprint density at radius 1 is 1.33 bits per heavy atom. The minimum atomic E-state index is -3.50. The molecular formula is C7H9BrN4O2S. The third-order valence-corrected chi connectivity index (χ3v) is 3.29. The second-order valence-electron chi connectivity index (χ2n) is 3.22. The number of hydrogen-bond donors (Lipinski definition) is 2. The van der Waals surface area contributed by atoms with Crippen molar-refractivity contribution in [2.24, 2.45) is 0 Å². The Hall–Kier alpha value is -0.730. The van der Waals surface area contributed by atoms with Gasteiger partial charge in [-0.25, -0.2) is 9.97 Å². The van der Waals surface area contributed by atoms with E-state index in [-0.39, 0.29) is 11.9 Å². The van der Waals surface area contributed by atoms with Gasteiger partial charge in [-0.1, -0.05) is 0 Å². The Balaban J connectivity index is 2.03. The average molecular weight is 293 g/mol. The van der Waals surface area contributed by atoms with Crippen LogP contribution in [0.4, 0.5) is 5.82 Å². The maximum atomic E-state index is 11.4. The average Bonchev–Trinajstić information content (AvgIpc) is 2.91. The number of nitrogens with one attached hydrogen (secondary N) is 2. The van der Waals surface area contributed by atoms with Gasteiger partial charge in [0, 0.05) is 6.04 Å². The normalized spacial score (nSPS) is 16.3. The molecule has 15 heavy (non-hydrogen) atoms. The summed E-state index contributed by atoms with van der Waals surface area (Å²) >= 11 is 3.11. The van der Waals surface area contributed by atoms with Gasteiger partial charge in [-0.15, -0.1) is 0 Å². The van der Waals surface area contributed by atoms with Crippen molar-refractivity contribution in [1.29, 1.82) is 0 Å². The van der Waals surface area contributed by atoms with Gasteiger partial charge in [0.05, 0.1) is 12.4 Å². The van der Waals surface area contributed by atoms with Gasteiger partial charge in [-0.2, -0.15) is 13.1 Å². The molecule has 1 heterocycles.